The molecule has 0 aliphatic rings. The van der Waals surface area contributed by atoms with Crippen LogP contribution in [0.5, 0.6) is 0 Å². The Hall–Kier alpha value is -6.00. The van der Waals surface area contributed by atoms with Crippen LogP contribution < -0.4 is 11.0 Å². The van der Waals surface area contributed by atoms with Crippen molar-refractivity contribution in [2.24, 2.45) is 5.92 Å². The van der Waals surface area contributed by atoms with E-state index in [4.69, 9.17) is 23.2 Å². The van der Waals surface area contributed by atoms with Gasteiger partial charge in [0.25, 0.3) is 0 Å². The molecule has 5 aromatic rings. The van der Waals surface area contributed by atoms with Gasteiger partial charge in [-0.3, -0.25) is 19.2 Å². The van der Waals surface area contributed by atoms with E-state index >= 15 is 0 Å². The number of rotatable bonds is 14. The highest BCUT2D eigenvalue weighted by Crippen LogP contribution is 2.26. The number of aromatic nitrogens is 6. The number of carboxylic acid groups (broad SMARTS) is 1. The smallest absolute Gasteiger partial charge is 0.444 e. The lowest BCUT2D eigenvalue weighted by Gasteiger charge is -2.25. The predicted octanol–water partition coefficient (Wildman–Crippen LogP) is 3.58. The fourth-order valence-corrected chi connectivity index (χ4v) is 5.62. The molecule has 2 atom stereocenters. The van der Waals surface area contributed by atoms with E-state index in [1.54, 1.807) is 48.5 Å². The molecule has 0 aliphatic carbocycles. The number of benzene rings is 3. The number of halogens is 3. The van der Waals surface area contributed by atoms with E-state index in [1.807, 2.05) is 0 Å². The van der Waals surface area contributed by atoms with Gasteiger partial charge >= 0.3 is 23.1 Å². The van der Waals surface area contributed by atoms with Gasteiger partial charge in [-0.1, -0.05) is 59.6 Å². The first-order valence-electron chi connectivity index (χ1n) is 15.0. The fraction of sp³-hybridized carbons (Fsp3) is 0.182. The summed E-state index contributed by atoms with van der Waals surface area (Å²) in [7, 11) is 0. The first-order chi connectivity index (χ1) is 24.3. The third-order valence-electron chi connectivity index (χ3n) is 7.65. The van der Waals surface area contributed by atoms with Gasteiger partial charge in [0, 0.05) is 26.9 Å². The zero-order valence-electron chi connectivity index (χ0n) is 26.4. The highest BCUT2D eigenvalue weighted by molar-refractivity contribution is 6.36. The van der Waals surface area contributed by atoms with Crippen LogP contribution in [0.25, 0.3) is 11.4 Å². The number of carbonyl (C=O) groups is 4. The summed E-state index contributed by atoms with van der Waals surface area (Å²) in [4.78, 5) is 83.4. The van der Waals surface area contributed by atoms with Gasteiger partial charge in [-0.25, -0.2) is 18.9 Å². The molecule has 2 N–H and O–H groups in total. The van der Waals surface area contributed by atoms with E-state index in [2.05, 4.69) is 25.9 Å². The molecule has 260 valence electrons. The molecule has 2 unspecified atom stereocenters. The van der Waals surface area contributed by atoms with E-state index in [9.17, 15) is 38.4 Å². The molecule has 0 fully saturated rings. The Morgan fingerprint density at radius 3 is 2.27 bits per heavy atom. The Morgan fingerprint density at radius 2 is 1.65 bits per heavy atom. The number of Topliss-reactive ketones (excluding diaryl/α,β-unsaturated/α-hetero) is 2. The van der Waals surface area contributed by atoms with Crippen molar-refractivity contribution in [3.8, 4) is 11.4 Å². The summed E-state index contributed by atoms with van der Waals surface area (Å²) in [5.41, 5.74) is 1.44. The second kappa shape index (κ2) is 15.7. The lowest BCUT2D eigenvalue weighted by atomic mass is 9.93. The summed E-state index contributed by atoms with van der Waals surface area (Å²) in [5, 5.41) is 22.0. The minimum absolute atomic E-state index is 0.0393. The molecule has 0 saturated carbocycles. The number of nitrogens with one attached hydrogen (secondary N) is 1. The van der Waals surface area contributed by atoms with Crippen molar-refractivity contribution in [1.82, 2.24) is 29.9 Å². The Labute approximate surface area is 297 Å². The van der Waals surface area contributed by atoms with Crippen LogP contribution >= 0.6 is 23.2 Å². The van der Waals surface area contributed by atoms with Crippen molar-refractivity contribution in [3.05, 3.63) is 127 Å². The molecule has 2 aromatic heterocycles. The van der Waals surface area contributed by atoms with Crippen LogP contribution in [0.2, 0.25) is 10.0 Å². The minimum atomic E-state index is -2.09. The number of nitroso groups, excluding NO2 is 1. The van der Waals surface area contributed by atoms with Crippen LogP contribution in [0.1, 0.15) is 23.9 Å². The van der Waals surface area contributed by atoms with E-state index in [0.717, 1.165) is 29.9 Å². The lowest BCUT2D eigenvalue weighted by Crippen LogP contribution is -2.51. The topological polar surface area (TPSA) is 199 Å². The number of nitrogens with zero attached hydrogens (tertiary/aromatic N) is 7. The van der Waals surface area contributed by atoms with E-state index in [0.29, 0.717) is 25.8 Å². The van der Waals surface area contributed by atoms with E-state index in [1.165, 1.54) is 12.1 Å². The molecule has 3 aromatic carbocycles. The van der Waals surface area contributed by atoms with Gasteiger partial charge < -0.3 is 10.5 Å². The number of tetrazole rings is 1. The Balaban J connectivity index is 1.57. The van der Waals surface area contributed by atoms with Gasteiger partial charge in [0.15, 0.2) is 17.4 Å². The monoisotopic (exact) mass is 735 g/mol. The first kappa shape index (κ1) is 36.3. The summed E-state index contributed by atoms with van der Waals surface area (Å²) >= 11 is 12.6. The van der Waals surface area contributed by atoms with E-state index in [-0.39, 0.29) is 34.8 Å². The molecule has 0 radical (unpaired) electrons. The molecule has 0 aliphatic heterocycles. The van der Waals surface area contributed by atoms with Crippen molar-refractivity contribution in [1.29, 1.82) is 0 Å². The SMILES string of the molecule is CC(=O)C(C(=O)O)C(Nn1c(-c2ccc(F)cc2)ncc([N+](=O)C(=O)Cc2ccccc2)c1=O)C(=O)Cn1nnnc1Cc1c(Cl)cccc1Cl. The Kier molecular flexibility index (Phi) is 11.2. The second-order valence-corrected chi connectivity index (χ2v) is 11.9. The van der Waals surface area contributed by atoms with Crippen molar-refractivity contribution in [2.45, 2.75) is 32.4 Å². The van der Waals surface area contributed by atoms with Crippen LogP contribution in [0, 0.1) is 16.6 Å². The summed E-state index contributed by atoms with van der Waals surface area (Å²) in [5.74, 6) is -7.67. The van der Waals surface area contributed by atoms with Crippen LogP contribution in [0.3, 0.4) is 0 Å². The molecule has 0 spiro atoms. The number of ketones is 2. The third-order valence-corrected chi connectivity index (χ3v) is 8.36. The number of aliphatic carboxylic acids is 1. The predicted molar refractivity (Wildman–Crippen MR) is 179 cm³/mol. The molecule has 15 nitrogen and oxygen atoms in total. The number of carbonyl (C=O) groups excluding carboxylic acids is 3. The molecule has 5 rings (SSSR count). The van der Waals surface area contributed by atoms with Crippen molar-refractivity contribution >= 4 is 52.3 Å². The molecular weight excluding hydrogens is 710 g/mol. The number of amides is 1. The summed E-state index contributed by atoms with van der Waals surface area (Å²) in [6.45, 7) is 0.221. The Morgan fingerprint density at radius 1 is 0.980 bits per heavy atom. The van der Waals surface area contributed by atoms with Crippen molar-refractivity contribution in [3.63, 3.8) is 0 Å². The normalized spacial score (nSPS) is 12.2. The van der Waals surface area contributed by atoms with Gasteiger partial charge in [-0.15, -0.1) is 5.10 Å². The average molecular weight is 737 g/mol. The third kappa shape index (κ3) is 8.25. The maximum atomic E-state index is 14.0. The zero-order valence-corrected chi connectivity index (χ0v) is 28.0. The standard InChI is InChI=1S/C33H25Cl2FN8O7/c1-18(45)29(33(49)50)30(26(46)17-42-27(38-40-41-42)15-22-23(34)8-5-9-24(22)35)39-43-31(20-10-12-21(36)13-11-20)37-16-25(32(43)48)44(51)28(47)14-19-6-3-2-4-7-19/h2-13,16,29-30,39H,14-15,17H2,1H3/p+1. The number of carboxylic acids is 1. The van der Waals surface area contributed by atoms with Gasteiger partial charge in [0.05, 0.1) is 0 Å². The quantitative estimate of drug-likeness (QED) is 0.124. The average Bonchev–Trinajstić information content (AvgIpc) is 3.53. The number of hydrogen-bond donors (Lipinski definition) is 2. The second-order valence-electron chi connectivity index (χ2n) is 11.1. The highest BCUT2D eigenvalue weighted by atomic mass is 35.5. The van der Waals surface area contributed by atoms with E-state index < -0.39 is 59.0 Å². The van der Waals surface area contributed by atoms with Gasteiger partial charge in [-0.2, -0.15) is 4.68 Å². The van der Waals surface area contributed by atoms with Crippen LogP contribution in [-0.2, 0) is 38.6 Å². The summed E-state index contributed by atoms with van der Waals surface area (Å²) < 4.78 is 15.3. The van der Waals surface area contributed by atoms with Crippen LogP contribution in [0.15, 0.2) is 83.8 Å². The maximum Gasteiger partial charge on any atom is 0.444 e. The largest absolute Gasteiger partial charge is 0.481 e. The fourth-order valence-electron chi connectivity index (χ4n) is 5.08. The van der Waals surface area contributed by atoms with Crippen molar-refractivity contribution in [2.75, 3.05) is 5.43 Å². The molecular formula is C33H26Cl2FN8O7+. The van der Waals surface area contributed by atoms with Gasteiger partial charge in [-0.05, 0) is 64.9 Å². The molecule has 0 saturated heterocycles. The first-order valence-corrected chi connectivity index (χ1v) is 15.7. The lowest BCUT2D eigenvalue weighted by molar-refractivity contribution is -0.388. The van der Waals surface area contributed by atoms with Crippen molar-refractivity contribution < 1.29 is 33.4 Å². The summed E-state index contributed by atoms with van der Waals surface area (Å²) in [6, 6.07) is 15.6. The maximum absolute atomic E-state index is 14.0. The van der Waals surface area contributed by atoms with Gasteiger partial charge in [0.2, 0.25) is 0 Å². The zero-order chi connectivity index (χ0) is 36.8. The molecule has 2 heterocycles. The molecule has 1 amide bonds. The highest BCUT2D eigenvalue weighted by Gasteiger charge is 2.40. The molecule has 18 heteroatoms. The van der Waals surface area contributed by atoms with Crippen LogP contribution in [0.4, 0.5) is 10.1 Å². The molecule has 0 bridgehead atoms. The minimum Gasteiger partial charge on any atom is -0.481 e. The Bertz CT molecular complexity index is 2180. The summed E-state index contributed by atoms with van der Waals surface area (Å²) in [6.07, 6.45) is 0.401. The molecule has 51 heavy (non-hydrogen) atoms. The van der Waals surface area contributed by atoms with Crippen LogP contribution in [-0.4, -0.2) is 69.2 Å². The number of hydrogen-bond acceptors (Lipinski definition) is 11. The van der Waals surface area contributed by atoms with Gasteiger partial charge in [0.1, 0.15) is 47.5 Å².